The first kappa shape index (κ1) is 16.5. The molecular weight excluding hydrogens is 236 g/mol. The summed E-state index contributed by atoms with van der Waals surface area (Å²) in [5.74, 6) is 1.83. The van der Waals surface area contributed by atoms with Crippen LogP contribution in [0.3, 0.4) is 0 Å². The third-order valence-corrected chi connectivity index (χ3v) is 4.38. The Labute approximate surface area is 119 Å². The lowest BCUT2D eigenvalue weighted by molar-refractivity contribution is -0.131. The van der Waals surface area contributed by atoms with Crippen LogP contribution in [0.2, 0.25) is 0 Å². The summed E-state index contributed by atoms with van der Waals surface area (Å²) in [7, 11) is 4.03. The van der Waals surface area contributed by atoms with Crippen molar-refractivity contribution in [3.05, 3.63) is 0 Å². The largest absolute Gasteiger partial charge is 0.353 e. The maximum atomic E-state index is 12.3. The minimum atomic E-state index is -0.307. The van der Waals surface area contributed by atoms with Crippen LogP contribution in [0.4, 0.5) is 0 Å². The molecule has 0 aromatic heterocycles. The molecule has 0 atom stereocenters. The van der Waals surface area contributed by atoms with E-state index in [1.165, 1.54) is 12.8 Å². The molecule has 0 spiro atoms. The van der Waals surface area contributed by atoms with Crippen molar-refractivity contribution in [3.8, 4) is 0 Å². The molecule has 19 heavy (non-hydrogen) atoms. The van der Waals surface area contributed by atoms with Crippen molar-refractivity contribution in [2.75, 3.05) is 20.6 Å². The smallest absolute Gasteiger partial charge is 0.227 e. The maximum Gasteiger partial charge on any atom is 0.227 e. The summed E-state index contributed by atoms with van der Waals surface area (Å²) in [6, 6.07) is 0.393. The van der Waals surface area contributed by atoms with E-state index in [1.807, 2.05) is 27.9 Å². The highest BCUT2D eigenvalue weighted by atomic mass is 16.2. The van der Waals surface area contributed by atoms with Gasteiger partial charge in [-0.05, 0) is 65.5 Å². The molecule has 0 aromatic carbocycles. The summed E-state index contributed by atoms with van der Waals surface area (Å²) in [5, 5.41) is 3.26. The van der Waals surface area contributed by atoms with E-state index in [1.54, 1.807) is 0 Å². The standard InChI is InChI=1S/C16H32N2O/c1-12(2)13-7-9-14(10-8-13)17-15(19)16(3,4)11-18(5)6/h12-14H,7-11H2,1-6H3,(H,17,19). The normalized spacial score (nSPS) is 24.8. The van der Waals surface area contributed by atoms with Gasteiger partial charge >= 0.3 is 0 Å². The summed E-state index contributed by atoms with van der Waals surface area (Å²) < 4.78 is 0. The van der Waals surface area contributed by atoms with Crippen molar-refractivity contribution < 1.29 is 4.79 Å². The van der Waals surface area contributed by atoms with Crippen LogP contribution < -0.4 is 5.32 Å². The lowest BCUT2D eigenvalue weighted by atomic mass is 9.79. The van der Waals surface area contributed by atoms with Crippen molar-refractivity contribution in [1.82, 2.24) is 10.2 Å². The third-order valence-electron chi connectivity index (χ3n) is 4.38. The highest BCUT2D eigenvalue weighted by molar-refractivity contribution is 5.82. The molecular formula is C16H32N2O. The second-order valence-corrected chi connectivity index (χ2v) is 7.45. The predicted octanol–water partition coefficient (Wildman–Crippen LogP) is 2.91. The molecule has 0 radical (unpaired) electrons. The first-order valence-corrected chi connectivity index (χ1v) is 7.68. The molecule has 0 unspecified atom stereocenters. The zero-order chi connectivity index (χ0) is 14.6. The van der Waals surface area contributed by atoms with Gasteiger partial charge in [-0.15, -0.1) is 0 Å². The number of rotatable bonds is 5. The molecule has 1 saturated carbocycles. The fourth-order valence-corrected chi connectivity index (χ4v) is 3.17. The van der Waals surface area contributed by atoms with E-state index in [2.05, 4.69) is 24.1 Å². The van der Waals surface area contributed by atoms with E-state index < -0.39 is 0 Å². The fraction of sp³-hybridized carbons (Fsp3) is 0.938. The van der Waals surface area contributed by atoms with Crippen LogP contribution >= 0.6 is 0 Å². The van der Waals surface area contributed by atoms with Gasteiger partial charge in [-0.3, -0.25) is 4.79 Å². The number of carbonyl (C=O) groups excluding carboxylic acids is 1. The average Bonchev–Trinajstić information content (AvgIpc) is 2.27. The second-order valence-electron chi connectivity index (χ2n) is 7.45. The van der Waals surface area contributed by atoms with Gasteiger partial charge in [0.05, 0.1) is 5.41 Å². The van der Waals surface area contributed by atoms with E-state index in [0.717, 1.165) is 31.2 Å². The van der Waals surface area contributed by atoms with Gasteiger partial charge in [-0.1, -0.05) is 13.8 Å². The highest BCUT2D eigenvalue weighted by Crippen LogP contribution is 2.30. The van der Waals surface area contributed by atoms with E-state index in [-0.39, 0.29) is 11.3 Å². The molecule has 1 aliphatic rings. The minimum absolute atomic E-state index is 0.203. The minimum Gasteiger partial charge on any atom is -0.353 e. The molecule has 112 valence electrons. The number of hydrogen-bond acceptors (Lipinski definition) is 2. The summed E-state index contributed by atoms with van der Waals surface area (Å²) in [5.41, 5.74) is -0.307. The van der Waals surface area contributed by atoms with Gasteiger partial charge in [-0.2, -0.15) is 0 Å². The number of hydrogen-bond donors (Lipinski definition) is 1. The van der Waals surface area contributed by atoms with Crippen molar-refractivity contribution in [3.63, 3.8) is 0 Å². The molecule has 0 saturated heterocycles. The van der Waals surface area contributed by atoms with Crippen LogP contribution in [-0.2, 0) is 4.79 Å². The second kappa shape index (κ2) is 6.74. The number of amides is 1. The Bertz CT molecular complexity index is 289. The van der Waals surface area contributed by atoms with Gasteiger partial charge < -0.3 is 10.2 Å². The molecule has 0 aromatic rings. The Balaban J connectivity index is 2.42. The molecule has 0 aliphatic heterocycles. The molecule has 0 bridgehead atoms. The molecule has 1 N–H and O–H groups in total. The summed E-state index contributed by atoms with van der Waals surface area (Å²) in [6.07, 6.45) is 4.81. The van der Waals surface area contributed by atoms with Gasteiger partial charge in [0.15, 0.2) is 0 Å². The molecule has 3 heteroatoms. The maximum absolute atomic E-state index is 12.3. The van der Waals surface area contributed by atoms with E-state index in [4.69, 9.17) is 0 Å². The molecule has 1 aliphatic carbocycles. The van der Waals surface area contributed by atoms with Gasteiger partial charge in [0, 0.05) is 12.6 Å². The van der Waals surface area contributed by atoms with Crippen LogP contribution in [0.1, 0.15) is 53.4 Å². The third kappa shape index (κ3) is 5.13. The molecule has 1 rings (SSSR count). The Morgan fingerprint density at radius 3 is 2.16 bits per heavy atom. The van der Waals surface area contributed by atoms with E-state index in [0.29, 0.717) is 6.04 Å². The van der Waals surface area contributed by atoms with Gasteiger partial charge in [0.25, 0.3) is 0 Å². The average molecular weight is 268 g/mol. The van der Waals surface area contributed by atoms with Gasteiger partial charge in [-0.25, -0.2) is 0 Å². The van der Waals surface area contributed by atoms with Crippen LogP contribution in [0, 0.1) is 17.3 Å². The van der Waals surface area contributed by atoms with Gasteiger partial charge in [0.2, 0.25) is 5.91 Å². The SMILES string of the molecule is CC(C)C1CCC(NC(=O)C(C)(C)CN(C)C)CC1. The zero-order valence-electron chi connectivity index (χ0n) is 13.6. The van der Waals surface area contributed by atoms with Crippen molar-refractivity contribution in [2.24, 2.45) is 17.3 Å². The number of nitrogens with zero attached hydrogens (tertiary/aromatic N) is 1. The van der Waals surface area contributed by atoms with E-state index >= 15 is 0 Å². The summed E-state index contributed by atoms with van der Waals surface area (Å²) in [6.45, 7) is 9.47. The van der Waals surface area contributed by atoms with Crippen LogP contribution in [0.5, 0.6) is 0 Å². The monoisotopic (exact) mass is 268 g/mol. The quantitative estimate of drug-likeness (QED) is 0.831. The lowest BCUT2D eigenvalue weighted by Crippen LogP contribution is -2.48. The topological polar surface area (TPSA) is 32.3 Å². The highest BCUT2D eigenvalue weighted by Gasteiger charge is 2.31. The van der Waals surface area contributed by atoms with Crippen molar-refractivity contribution in [2.45, 2.75) is 59.4 Å². The van der Waals surface area contributed by atoms with Crippen LogP contribution in [0.15, 0.2) is 0 Å². The molecule has 3 nitrogen and oxygen atoms in total. The first-order chi connectivity index (χ1) is 8.72. The van der Waals surface area contributed by atoms with E-state index in [9.17, 15) is 4.79 Å². The van der Waals surface area contributed by atoms with Crippen molar-refractivity contribution in [1.29, 1.82) is 0 Å². The zero-order valence-corrected chi connectivity index (χ0v) is 13.6. The molecule has 1 amide bonds. The van der Waals surface area contributed by atoms with Gasteiger partial charge in [0.1, 0.15) is 0 Å². The Hall–Kier alpha value is -0.570. The van der Waals surface area contributed by atoms with Crippen LogP contribution in [0.25, 0.3) is 0 Å². The van der Waals surface area contributed by atoms with Crippen molar-refractivity contribution >= 4 is 5.91 Å². The lowest BCUT2D eigenvalue weighted by Gasteiger charge is -2.34. The van der Waals surface area contributed by atoms with Crippen LogP contribution in [-0.4, -0.2) is 37.5 Å². The predicted molar refractivity (Wildman–Crippen MR) is 81.1 cm³/mol. The first-order valence-electron chi connectivity index (χ1n) is 7.68. The summed E-state index contributed by atoms with van der Waals surface area (Å²) in [4.78, 5) is 14.4. The number of nitrogens with one attached hydrogen (secondary N) is 1. The molecule has 0 heterocycles. The summed E-state index contributed by atoms with van der Waals surface area (Å²) >= 11 is 0. The number of carbonyl (C=O) groups is 1. The Kier molecular flexibility index (Phi) is 5.84. The Morgan fingerprint density at radius 2 is 1.74 bits per heavy atom. The fourth-order valence-electron chi connectivity index (χ4n) is 3.17. The Morgan fingerprint density at radius 1 is 1.21 bits per heavy atom. The molecule has 1 fully saturated rings.